The standard InChI is InChI=1S/C19H19FN4O3S2/c1-3-22-29(26,27)15-8-9-17(20)16(12-15)18(25)23-13-4-6-14(7-5-13)28-19-21-10-11-24(19)2/h4-12,22H,3H2,1-2H3,(H,23,25). The van der Waals surface area contributed by atoms with Gasteiger partial charge in [-0.25, -0.2) is 22.5 Å². The molecular weight excluding hydrogens is 415 g/mol. The van der Waals surface area contributed by atoms with Crippen LogP contribution in [0.1, 0.15) is 17.3 Å². The molecule has 0 aliphatic rings. The quantitative estimate of drug-likeness (QED) is 0.595. The molecule has 2 N–H and O–H groups in total. The van der Waals surface area contributed by atoms with Crippen LogP contribution in [0.5, 0.6) is 0 Å². The van der Waals surface area contributed by atoms with Crippen LogP contribution >= 0.6 is 11.8 Å². The monoisotopic (exact) mass is 434 g/mol. The molecule has 0 atom stereocenters. The summed E-state index contributed by atoms with van der Waals surface area (Å²) in [4.78, 5) is 17.5. The Morgan fingerprint density at radius 1 is 1.21 bits per heavy atom. The third-order valence-corrected chi connectivity index (χ3v) is 6.55. The fourth-order valence-electron chi connectivity index (χ4n) is 2.48. The van der Waals surface area contributed by atoms with Gasteiger partial charge in [-0.1, -0.05) is 18.7 Å². The van der Waals surface area contributed by atoms with Crippen LogP contribution in [0.4, 0.5) is 10.1 Å². The van der Waals surface area contributed by atoms with Gasteiger partial charge in [0.2, 0.25) is 10.0 Å². The van der Waals surface area contributed by atoms with Gasteiger partial charge in [0.1, 0.15) is 5.82 Å². The first kappa shape index (κ1) is 21.0. The Balaban J connectivity index is 1.75. The van der Waals surface area contributed by atoms with Gasteiger partial charge in [-0.3, -0.25) is 4.79 Å². The van der Waals surface area contributed by atoms with Gasteiger partial charge in [0, 0.05) is 36.6 Å². The number of nitrogens with one attached hydrogen (secondary N) is 2. The summed E-state index contributed by atoms with van der Waals surface area (Å²) in [6, 6.07) is 10.1. The topological polar surface area (TPSA) is 93.1 Å². The van der Waals surface area contributed by atoms with E-state index in [0.717, 1.165) is 28.3 Å². The molecule has 0 fully saturated rings. The molecule has 1 amide bonds. The van der Waals surface area contributed by atoms with Gasteiger partial charge in [0.05, 0.1) is 10.5 Å². The van der Waals surface area contributed by atoms with E-state index in [4.69, 9.17) is 0 Å². The van der Waals surface area contributed by atoms with Crippen LogP contribution in [0.25, 0.3) is 0 Å². The molecule has 2 aromatic carbocycles. The number of hydrogen-bond donors (Lipinski definition) is 2. The lowest BCUT2D eigenvalue weighted by atomic mass is 10.2. The number of halogens is 1. The van der Waals surface area contributed by atoms with Crippen molar-refractivity contribution < 1.29 is 17.6 Å². The summed E-state index contributed by atoms with van der Waals surface area (Å²) < 4.78 is 42.5. The number of carbonyl (C=O) groups is 1. The number of benzene rings is 2. The number of rotatable bonds is 7. The van der Waals surface area contributed by atoms with E-state index in [1.165, 1.54) is 11.8 Å². The number of anilines is 1. The van der Waals surface area contributed by atoms with Crippen LogP contribution < -0.4 is 10.0 Å². The summed E-state index contributed by atoms with van der Waals surface area (Å²) in [7, 11) is -1.91. The van der Waals surface area contributed by atoms with Gasteiger partial charge >= 0.3 is 0 Å². The summed E-state index contributed by atoms with van der Waals surface area (Å²) >= 11 is 1.46. The number of sulfonamides is 1. The average molecular weight is 435 g/mol. The summed E-state index contributed by atoms with van der Waals surface area (Å²) in [5.74, 6) is -1.54. The first-order valence-corrected chi connectivity index (χ1v) is 11.0. The average Bonchev–Trinajstić information content (AvgIpc) is 3.08. The van der Waals surface area contributed by atoms with Crippen molar-refractivity contribution >= 4 is 33.4 Å². The summed E-state index contributed by atoms with van der Waals surface area (Å²) in [6.07, 6.45) is 3.55. The lowest BCUT2D eigenvalue weighted by Crippen LogP contribution is -2.24. The molecule has 10 heteroatoms. The van der Waals surface area contributed by atoms with Crippen LogP contribution in [0.3, 0.4) is 0 Å². The van der Waals surface area contributed by atoms with Crippen molar-refractivity contribution in [3.05, 3.63) is 66.2 Å². The first-order valence-electron chi connectivity index (χ1n) is 8.66. The van der Waals surface area contributed by atoms with E-state index in [0.29, 0.717) is 5.69 Å². The van der Waals surface area contributed by atoms with E-state index in [9.17, 15) is 17.6 Å². The molecule has 0 aliphatic heterocycles. The predicted molar refractivity (Wildman–Crippen MR) is 109 cm³/mol. The van der Waals surface area contributed by atoms with E-state index in [1.54, 1.807) is 37.4 Å². The minimum absolute atomic E-state index is 0.173. The minimum atomic E-state index is -3.80. The Kier molecular flexibility index (Phi) is 6.36. The van der Waals surface area contributed by atoms with E-state index in [-0.39, 0.29) is 17.0 Å². The second-order valence-corrected chi connectivity index (χ2v) is 8.85. The van der Waals surface area contributed by atoms with Crippen LogP contribution in [-0.4, -0.2) is 30.4 Å². The molecule has 3 aromatic rings. The number of aryl methyl sites for hydroxylation is 1. The zero-order valence-electron chi connectivity index (χ0n) is 15.7. The first-order chi connectivity index (χ1) is 13.8. The highest BCUT2D eigenvalue weighted by atomic mass is 32.2. The largest absolute Gasteiger partial charge is 0.329 e. The van der Waals surface area contributed by atoms with Gasteiger partial charge in [-0.05, 0) is 42.5 Å². The van der Waals surface area contributed by atoms with Crippen LogP contribution in [0.15, 0.2) is 69.8 Å². The Bertz CT molecular complexity index is 1130. The molecule has 0 bridgehead atoms. The molecule has 1 aromatic heterocycles. The molecule has 7 nitrogen and oxygen atoms in total. The predicted octanol–water partition coefficient (Wildman–Crippen LogP) is 3.26. The third kappa shape index (κ3) is 5.03. The maximum atomic E-state index is 14.1. The zero-order valence-corrected chi connectivity index (χ0v) is 17.3. The van der Waals surface area contributed by atoms with E-state index < -0.39 is 21.7 Å². The van der Waals surface area contributed by atoms with E-state index in [1.807, 2.05) is 17.8 Å². The smallest absolute Gasteiger partial charge is 0.258 e. The Hall–Kier alpha value is -2.69. The van der Waals surface area contributed by atoms with Crippen molar-refractivity contribution in [1.82, 2.24) is 14.3 Å². The van der Waals surface area contributed by atoms with Crippen LogP contribution in [0.2, 0.25) is 0 Å². The molecule has 3 rings (SSSR count). The molecule has 0 saturated carbocycles. The highest BCUT2D eigenvalue weighted by molar-refractivity contribution is 7.99. The van der Waals surface area contributed by atoms with Crippen molar-refractivity contribution in [3.63, 3.8) is 0 Å². The molecule has 152 valence electrons. The third-order valence-electron chi connectivity index (χ3n) is 3.93. The summed E-state index contributed by atoms with van der Waals surface area (Å²) in [5, 5.41) is 3.40. The number of aromatic nitrogens is 2. The van der Waals surface area contributed by atoms with Gasteiger partial charge in [-0.15, -0.1) is 0 Å². The second-order valence-electron chi connectivity index (χ2n) is 6.04. The Morgan fingerprint density at radius 3 is 2.55 bits per heavy atom. The molecular formula is C19H19FN4O3S2. The molecule has 0 saturated heterocycles. The number of hydrogen-bond acceptors (Lipinski definition) is 5. The molecule has 0 aliphatic carbocycles. The lowest BCUT2D eigenvalue weighted by molar-refractivity contribution is 0.102. The number of imidazole rings is 1. The van der Waals surface area contributed by atoms with Crippen LogP contribution in [-0.2, 0) is 17.1 Å². The maximum absolute atomic E-state index is 14.1. The number of amides is 1. The Morgan fingerprint density at radius 2 is 1.93 bits per heavy atom. The minimum Gasteiger partial charge on any atom is -0.329 e. The summed E-state index contributed by atoms with van der Waals surface area (Å²) in [6.45, 7) is 1.81. The molecule has 1 heterocycles. The molecule has 0 unspecified atom stereocenters. The fourth-order valence-corrected chi connectivity index (χ4v) is 4.35. The summed E-state index contributed by atoms with van der Waals surface area (Å²) in [5.41, 5.74) is 0.106. The highest BCUT2D eigenvalue weighted by Gasteiger charge is 2.19. The zero-order chi connectivity index (χ0) is 21.0. The maximum Gasteiger partial charge on any atom is 0.258 e. The normalized spacial score (nSPS) is 11.4. The van der Waals surface area contributed by atoms with Crippen molar-refractivity contribution in [1.29, 1.82) is 0 Å². The molecule has 29 heavy (non-hydrogen) atoms. The molecule has 0 spiro atoms. The lowest BCUT2D eigenvalue weighted by Gasteiger charge is -2.10. The fraction of sp³-hybridized carbons (Fsp3) is 0.158. The van der Waals surface area contributed by atoms with Crippen LogP contribution in [0, 0.1) is 5.82 Å². The van der Waals surface area contributed by atoms with E-state index in [2.05, 4.69) is 15.0 Å². The SMILES string of the molecule is CCNS(=O)(=O)c1ccc(F)c(C(=O)Nc2ccc(Sc3nccn3C)cc2)c1. The second kappa shape index (κ2) is 8.76. The van der Waals surface area contributed by atoms with Crippen molar-refractivity contribution in [3.8, 4) is 0 Å². The van der Waals surface area contributed by atoms with Gasteiger partial charge in [0.15, 0.2) is 5.16 Å². The van der Waals surface area contributed by atoms with Gasteiger partial charge in [-0.2, -0.15) is 0 Å². The van der Waals surface area contributed by atoms with Crippen molar-refractivity contribution in [2.24, 2.45) is 7.05 Å². The van der Waals surface area contributed by atoms with Crippen molar-refractivity contribution in [2.75, 3.05) is 11.9 Å². The van der Waals surface area contributed by atoms with Gasteiger partial charge in [0.25, 0.3) is 5.91 Å². The van der Waals surface area contributed by atoms with Gasteiger partial charge < -0.3 is 9.88 Å². The van der Waals surface area contributed by atoms with Crippen molar-refractivity contribution in [2.45, 2.75) is 21.9 Å². The van der Waals surface area contributed by atoms with E-state index >= 15 is 0 Å². The Labute approximate surface area is 172 Å². The number of carbonyl (C=O) groups excluding carboxylic acids is 1. The highest BCUT2D eigenvalue weighted by Crippen LogP contribution is 2.27. The molecule has 0 radical (unpaired) electrons. The number of nitrogens with zero attached hydrogens (tertiary/aromatic N) is 2.